The SMILES string of the molecule is CCNC(=NCCCn1cccn1)NCCc1ccc(OCC(C)C)cc1. The van der Waals surface area contributed by atoms with Crippen LogP contribution in [0.2, 0.25) is 0 Å². The second-order valence-electron chi connectivity index (χ2n) is 6.91. The quantitative estimate of drug-likeness (QED) is 0.362. The Morgan fingerprint density at radius 3 is 2.70 bits per heavy atom. The zero-order valence-corrected chi connectivity index (χ0v) is 16.8. The van der Waals surface area contributed by atoms with Crippen molar-refractivity contribution in [3.63, 3.8) is 0 Å². The van der Waals surface area contributed by atoms with Crippen molar-refractivity contribution in [2.75, 3.05) is 26.2 Å². The van der Waals surface area contributed by atoms with E-state index in [4.69, 9.17) is 4.74 Å². The van der Waals surface area contributed by atoms with Crippen molar-refractivity contribution in [2.45, 2.75) is 40.2 Å². The van der Waals surface area contributed by atoms with Gasteiger partial charge >= 0.3 is 0 Å². The lowest BCUT2D eigenvalue weighted by molar-refractivity contribution is 0.271. The molecular weight excluding hydrogens is 338 g/mol. The van der Waals surface area contributed by atoms with Crippen molar-refractivity contribution < 1.29 is 4.74 Å². The first-order valence-electron chi connectivity index (χ1n) is 9.88. The zero-order valence-electron chi connectivity index (χ0n) is 16.8. The first kappa shape index (κ1) is 20.8. The molecule has 0 fully saturated rings. The predicted molar refractivity (Wildman–Crippen MR) is 111 cm³/mol. The maximum absolute atomic E-state index is 5.73. The van der Waals surface area contributed by atoms with Crippen molar-refractivity contribution in [3.05, 3.63) is 48.3 Å². The van der Waals surface area contributed by atoms with Crippen LogP contribution < -0.4 is 15.4 Å². The molecule has 0 atom stereocenters. The summed E-state index contributed by atoms with van der Waals surface area (Å²) in [4.78, 5) is 4.63. The van der Waals surface area contributed by atoms with Crippen LogP contribution in [-0.2, 0) is 13.0 Å². The highest BCUT2D eigenvalue weighted by molar-refractivity contribution is 5.79. The Balaban J connectivity index is 1.70. The van der Waals surface area contributed by atoms with Crippen molar-refractivity contribution >= 4 is 5.96 Å². The summed E-state index contributed by atoms with van der Waals surface area (Å²) in [7, 11) is 0. The van der Waals surface area contributed by atoms with Gasteiger partial charge in [0.2, 0.25) is 0 Å². The number of ether oxygens (including phenoxy) is 1. The van der Waals surface area contributed by atoms with Crippen molar-refractivity contribution in [1.82, 2.24) is 20.4 Å². The molecule has 0 spiro atoms. The van der Waals surface area contributed by atoms with E-state index in [1.165, 1.54) is 5.56 Å². The molecule has 2 rings (SSSR count). The third-order valence-corrected chi connectivity index (χ3v) is 3.93. The Morgan fingerprint density at radius 2 is 2.04 bits per heavy atom. The summed E-state index contributed by atoms with van der Waals surface area (Å²) < 4.78 is 7.66. The predicted octanol–water partition coefficient (Wildman–Crippen LogP) is 3.11. The molecule has 0 radical (unpaired) electrons. The van der Waals surface area contributed by atoms with Crippen LogP contribution in [0.5, 0.6) is 5.75 Å². The number of rotatable bonds is 11. The molecule has 0 aliphatic carbocycles. The Labute approximate surface area is 163 Å². The summed E-state index contributed by atoms with van der Waals surface area (Å²) in [6, 6.07) is 10.3. The third kappa shape index (κ3) is 8.62. The molecule has 6 nitrogen and oxygen atoms in total. The van der Waals surface area contributed by atoms with E-state index in [1.807, 2.05) is 29.1 Å². The highest BCUT2D eigenvalue weighted by Gasteiger charge is 2.00. The molecule has 1 aromatic carbocycles. The van der Waals surface area contributed by atoms with E-state index in [2.05, 4.69) is 53.6 Å². The summed E-state index contributed by atoms with van der Waals surface area (Å²) in [5.74, 6) is 2.35. The summed E-state index contributed by atoms with van der Waals surface area (Å²) in [6.45, 7) is 10.5. The third-order valence-electron chi connectivity index (χ3n) is 3.93. The monoisotopic (exact) mass is 371 g/mol. The molecule has 6 heteroatoms. The van der Waals surface area contributed by atoms with Crippen LogP contribution in [0, 0.1) is 5.92 Å². The lowest BCUT2D eigenvalue weighted by atomic mass is 10.1. The average molecular weight is 372 g/mol. The summed E-state index contributed by atoms with van der Waals surface area (Å²) in [6.07, 6.45) is 5.70. The fourth-order valence-corrected chi connectivity index (χ4v) is 2.54. The summed E-state index contributed by atoms with van der Waals surface area (Å²) >= 11 is 0. The van der Waals surface area contributed by atoms with Gasteiger partial charge < -0.3 is 15.4 Å². The molecule has 2 N–H and O–H groups in total. The molecule has 0 bridgehead atoms. The average Bonchev–Trinajstić information content (AvgIpc) is 3.18. The second kappa shape index (κ2) is 12.0. The van der Waals surface area contributed by atoms with Crippen LogP contribution in [0.4, 0.5) is 0 Å². The van der Waals surface area contributed by atoms with Crippen LogP contribution in [0.15, 0.2) is 47.7 Å². The van der Waals surface area contributed by atoms with E-state index < -0.39 is 0 Å². The van der Waals surface area contributed by atoms with Gasteiger partial charge in [-0.15, -0.1) is 0 Å². The first-order valence-corrected chi connectivity index (χ1v) is 9.88. The first-order chi connectivity index (χ1) is 13.2. The number of guanidine groups is 1. The van der Waals surface area contributed by atoms with Crippen molar-refractivity contribution in [1.29, 1.82) is 0 Å². The van der Waals surface area contributed by atoms with Gasteiger partial charge in [-0.05, 0) is 49.4 Å². The number of nitrogens with one attached hydrogen (secondary N) is 2. The Morgan fingerprint density at radius 1 is 1.22 bits per heavy atom. The fraction of sp³-hybridized carbons (Fsp3) is 0.524. The highest BCUT2D eigenvalue weighted by Crippen LogP contribution is 2.13. The summed E-state index contributed by atoms with van der Waals surface area (Å²) in [5.41, 5.74) is 1.29. The maximum atomic E-state index is 5.73. The van der Waals surface area contributed by atoms with E-state index in [0.29, 0.717) is 5.92 Å². The van der Waals surface area contributed by atoms with E-state index in [1.54, 1.807) is 6.20 Å². The molecule has 0 amide bonds. The lowest BCUT2D eigenvalue weighted by Crippen LogP contribution is -2.38. The number of hydrogen-bond acceptors (Lipinski definition) is 3. The van der Waals surface area contributed by atoms with Crippen molar-refractivity contribution in [2.24, 2.45) is 10.9 Å². The van der Waals surface area contributed by atoms with E-state index in [0.717, 1.165) is 57.3 Å². The van der Waals surface area contributed by atoms with Crippen LogP contribution in [0.3, 0.4) is 0 Å². The lowest BCUT2D eigenvalue weighted by Gasteiger charge is -2.12. The number of nitrogens with zero attached hydrogens (tertiary/aromatic N) is 3. The molecule has 1 aromatic heterocycles. The van der Waals surface area contributed by atoms with Gasteiger partial charge in [-0.2, -0.15) is 5.10 Å². The smallest absolute Gasteiger partial charge is 0.191 e. The van der Waals surface area contributed by atoms with Gasteiger partial charge in [-0.3, -0.25) is 9.67 Å². The van der Waals surface area contributed by atoms with Gasteiger partial charge in [0.15, 0.2) is 5.96 Å². The van der Waals surface area contributed by atoms with Crippen LogP contribution in [0.1, 0.15) is 32.8 Å². The minimum Gasteiger partial charge on any atom is -0.493 e. The Kier molecular flexibility index (Phi) is 9.24. The Bertz CT molecular complexity index is 650. The van der Waals surface area contributed by atoms with Gasteiger partial charge in [-0.25, -0.2) is 0 Å². The number of aliphatic imine (C=N–C) groups is 1. The number of aryl methyl sites for hydroxylation is 1. The fourth-order valence-electron chi connectivity index (χ4n) is 2.54. The van der Waals surface area contributed by atoms with Gasteiger partial charge in [0.1, 0.15) is 5.75 Å². The molecule has 0 unspecified atom stereocenters. The maximum Gasteiger partial charge on any atom is 0.191 e. The largest absolute Gasteiger partial charge is 0.493 e. The molecule has 0 saturated heterocycles. The topological polar surface area (TPSA) is 63.5 Å². The van der Waals surface area contributed by atoms with E-state index >= 15 is 0 Å². The number of hydrogen-bond donors (Lipinski definition) is 2. The molecule has 27 heavy (non-hydrogen) atoms. The van der Waals surface area contributed by atoms with Crippen LogP contribution in [0.25, 0.3) is 0 Å². The standard InChI is InChI=1S/C21H33N5O/c1-4-22-21(23-12-5-15-26-16-6-13-25-26)24-14-11-19-7-9-20(10-8-19)27-17-18(2)3/h6-10,13,16,18H,4-5,11-12,14-15,17H2,1-3H3,(H2,22,23,24). The van der Waals surface area contributed by atoms with Crippen LogP contribution in [-0.4, -0.2) is 42.0 Å². The van der Waals surface area contributed by atoms with Gasteiger partial charge in [0.05, 0.1) is 6.61 Å². The van der Waals surface area contributed by atoms with Gasteiger partial charge in [0, 0.05) is 38.6 Å². The van der Waals surface area contributed by atoms with Crippen molar-refractivity contribution in [3.8, 4) is 5.75 Å². The van der Waals surface area contributed by atoms with Gasteiger partial charge in [-0.1, -0.05) is 26.0 Å². The van der Waals surface area contributed by atoms with E-state index in [-0.39, 0.29) is 0 Å². The molecule has 0 aliphatic rings. The minimum atomic E-state index is 0.539. The minimum absolute atomic E-state index is 0.539. The molecular formula is C21H33N5O. The van der Waals surface area contributed by atoms with Gasteiger partial charge in [0.25, 0.3) is 0 Å². The summed E-state index contributed by atoms with van der Waals surface area (Å²) in [5, 5.41) is 10.9. The second-order valence-corrected chi connectivity index (χ2v) is 6.91. The number of aromatic nitrogens is 2. The Hall–Kier alpha value is -2.50. The number of benzene rings is 1. The normalized spacial score (nSPS) is 11.6. The molecule has 1 heterocycles. The molecule has 0 aliphatic heterocycles. The van der Waals surface area contributed by atoms with E-state index in [9.17, 15) is 0 Å². The molecule has 2 aromatic rings. The van der Waals surface area contributed by atoms with Crippen LogP contribution >= 0.6 is 0 Å². The molecule has 0 saturated carbocycles. The molecule has 148 valence electrons. The highest BCUT2D eigenvalue weighted by atomic mass is 16.5. The zero-order chi connectivity index (χ0) is 19.3.